The molecule has 0 amide bonds. The monoisotopic (exact) mass is 451 g/mol. The van der Waals surface area contributed by atoms with Crippen molar-refractivity contribution < 1.29 is 29.3 Å². The van der Waals surface area contributed by atoms with E-state index in [1.807, 2.05) is 0 Å². The van der Waals surface area contributed by atoms with Crippen LogP contribution in [-0.2, 0) is 15.0 Å². The first-order valence-electron chi connectivity index (χ1n) is 11.3. The normalized spacial score (nSPS) is 23.3. The van der Waals surface area contributed by atoms with Crippen LogP contribution >= 0.6 is 0 Å². The maximum Gasteiger partial charge on any atom is 0.194 e. The standard InChI is InChI=1S/C26H29NO6/c1-13-22(30)20(15(3)28)24-21(23(13)31)26(4)18(33-24)12-17(29)19(25(26)32)14(2)27-11-10-16-8-6-5-7-9-16/h8,12,27,30-31H,5-7,9-11H2,1-4H3/b19-14+. The summed E-state index contributed by atoms with van der Waals surface area (Å²) < 4.78 is 5.78. The summed E-state index contributed by atoms with van der Waals surface area (Å²) >= 11 is 0. The molecule has 0 saturated carbocycles. The highest BCUT2D eigenvalue weighted by atomic mass is 16.5. The summed E-state index contributed by atoms with van der Waals surface area (Å²) in [6, 6.07) is 0. The van der Waals surface area contributed by atoms with E-state index in [9.17, 15) is 24.6 Å². The van der Waals surface area contributed by atoms with Crippen molar-refractivity contribution in [1.82, 2.24) is 5.32 Å². The fraction of sp³-hybridized carbons (Fsp3) is 0.423. The average Bonchev–Trinajstić information content (AvgIpc) is 3.06. The van der Waals surface area contributed by atoms with Gasteiger partial charge in [-0.25, -0.2) is 0 Å². The third-order valence-electron chi connectivity index (χ3n) is 6.98. The highest BCUT2D eigenvalue weighted by Gasteiger charge is 2.56. The zero-order valence-corrected chi connectivity index (χ0v) is 19.4. The minimum atomic E-state index is -1.49. The maximum absolute atomic E-state index is 13.7. The predicted molar refractivity (Wildman–Crippen MR) is 122 cm³/mol. The van der Waals surface area contributed by atoms with Crippen LogP contribution in [0.5, 0.6) is 17.2 Å². The van der Waals surface area contributed by atoms with E-state index in [2.05, 4.69) is 11.4 Å². The van der Waals surface area contributed by atoms with Crippen molar-refractivity contribution in [1.29, 1.82) is 0 Å². The highest BCUT2D eigenvalue weighted by Crippen LogP contribution is 2.57. The predicted octanol–water partition coefficient (Wildman–Crippen LogP) is 4.05. The molecule has 1 aliphatic heterocycles. The van der Waals surface area contributed by atoms with Gasteiger partial charge in [0.1, 0.15) is 34.0 Å². The van der Waals surface area contributed by atoms with E-state index in [4.69, 9.17) is 4.74 Å². The van der Waals surface area contributed by atoms with E-state index in [0.717, 1.165) is 19.3 Å². The van der Waals surface area contributed by atoms with Gasteiger partial charge in [0.25, 0.3) is 0 Å². The van der Waals surface area contributed by atoms with E-state index in [1.165, 1.54) is 38.3 Å². The lowest BCUT2D eigenvalue weighted by Crippen LogP contribution is -2.41. The Labute approximate surface area is 192 Å². The Morgan fingerprint density at radius 1 is 1.18 bits per heavy atom. The third kappa shape index (κ3) is 3.46. The van der Waals surface area contributed by atoms with Gasteiger partial charge in [-0.05, 0) is 59.8 Å². The number of benzene rings is 1. The van der Waals surface area contributed by atoms with Gasteiger partial charge in [0.05, 0.1) is 11.1 Å². The van der Waals surface area contributed by atoms with Crippen LogP contribution < -0.4 is 10.1 Å². The van der Waals surface area contributed by atoms with Gasteiger partial charge in [0.15, 0.2) is 17.3 Å². The van der Waals surface area contributed by atoms with E-state index in [0.29, 0.717) is 12.2 Å². The molecule has 4 rings (SSSR count). The van der Waals surface area contributed by atoms with E-state index < -0.39 is 28.5 Å². The Hall–Kier alpha value is -3.35. The van der Waals surface area contributed by atoms with Crippen molar-refractivity contribution in [2.75, 3.05) is 6.54 Å². The van der Waals surface area contributed by atoms with Crippen LogP contribution in [0.4, 0.5) is 0 Å². The molecule has 0 bridgehead atoms. The van der Waals surface area contributed by atoms with Crippen LogP contribution in [-0.4, -0.2) is 34.1 Å². The number of rotatable bonds is 5. The molecule has 1 aromatic rings. The summed E-state index contributed by atoms with van der Waals surface area (Å²) in [6.45, 7) is 6.60. The van der Waals surface area contributed by atoms with Crippen molar-refractivity contribution in [3.8, 4) is 17.2 Å². The second-order valence-electron chi connectivity index (χ2n) is 9.17. The molecule has 7 nitrogen and oxygen atoms in total. The Morgan fingerprint density at radius 3 is 2.55 bits per heavy atom. The molecule has 33 heavy (non-hydrogen) atoms. The molecule has 0 fully saturated rings. The Balaban J connectivity index is 1.74. The quantitative estimate of drug-likeness (QED) is 0.268. The molecule has 3 N–H and O–H groups in total. The molecular weight excluding hydrogens is 422 g/mol. The lowest BCUT2D eigenvalue weighted by molar-refractivity contribution is -0.123. The molecule has 3 aliphatic rings. The summed E-state index contributed by atoms with van der Waals surface area (Å²) in [5.74, 6) is -2.23. The lowest BCUT2D eigenvalue weighted by atomic mass is 9.70. The van der Waals surface area contributed by atoms with Crippen molar-refractivity contribution in [2.24, 2.45) is 0 Å². The number of ether oxygens (including phenoxy) is 1. The molecule has 7 heteroatoms. The average molecular weight is 452 g/mol. The van der Waals surface area contributed by atoms with Crippen LogP contribution in [0.3, 0.4) is 0 Å². The first-order chi connectivity index (χ1) is 15.6. The van der Waals surface area contributed by atoms with E-state index >= 15 is 0 Å². The fourth-order valence-corrected chi connectivity index (χ4v) is 4.99. The number of allylic oxidation sites excluding steroid dienone is 5. The number of ketones is 3. The fourth-order valence-electron chi connectivity index (χ4n) is 4.99. The van der Waals surface area contributed by atoms with Crippen molar-refractivity contribution >= 4 is 17.3 Å². The van der Waals surface area contributed by atoms with E-state index in [-0.39, 0.29) is 39.5 Å². The molecular formula is C26H29NO6. The van der Waals surface area contributed by atoms with Crippen molar-refractivity contribution in [2.45, 2.75) is 65.2 Å². The minimum absolute atomic E-state index is 0.00447. The summed E-state index contributed by atoms with van der Waals surface area (Å²) in [6.07, 6.45) is 8.93. The summed E-state index contributed by atoms with van der Waals surface area (Å²) in [7, 11) is 0. The number of phenols is 2. The van der Waals surface area contributed by atoms with Gasteiger partial charge in [-0.2, -0.15) is 0 Å². The summed E-state index contributed by atoms with van der Waals surface area (Å²) in [4.78, 5) is 38.9. The Bertz CT molecular complexity index is 1190. The van der Waals surface area contributed by atoms with Crippen LogP contribution in [0.25, 0.3) is 0 Å². The molecule has 1 atom stereocenters. The number of Topliss-reactive ketones (excluding diaryl/α,β-unsaturated/α-hetero) is 2. The van der Waals surface area contributed by atoms with Crippen LogP contribution in [0.15, 0.2) is 34.8 Å². The van der Waals surface area contributed by atoms with Gasteiger partial charge in [-0.15, -0.1) is 0 Å². The minimum Gasteiger partial charge on any atom is -0.507 e. The van der Waals surface area contributed by atoms with Gasteiger partial charge >= 0.3 is 0 Å². The molecule has 174 valence electrons. The SMILES string of the molecule is CC(=O)c1c(O)c(C)c(O)c2c1OC1=CC(=O)/C(=C(/C)NCCC3=CCCCC3)C(=O)C12C. The molecule has 1 heterocycles. The lowest BCUT2D eigenvalue weighted by Gasteiger charge is -2.29. The highest BCUT2D eigenvalue weighted by molar-refractivity contribution is 6.31. The number of hydrogen-bond donors (Lipinski definition) is 3. The number of aromatic hydroxyl groups is 2. The van der Waals surface area contributed by atoms with Gasteiger partial charge < -0.3 is 20.3 Å². The van der Waals surface area contributed by atoms with Gasteiger partial charge in [0.2, 0.25) is 0 Å². The van der Waals surface area contributed by atoms with Crippen molar-refractivity contribution in [3.63, 3.8) is 0 Å². The number of hydrogen-bond acceptors (Lipinski definition) is 7. The molecule has 1 aromatic carbocycles. The molecule has 0 spiro atoms. The summed E-state index contributed by atoms with van der Waals surface area (Å²) in [5.41, 5.74) is 0.439. The van der Waals surface area contributed by atoms with Gasteiger partial charge in [0, 0.05) is 23.9 Å². The molecule has 0 radical (unpaired) electrons. The molecule has 0 aromatic heterocycles. The van der Waals surface area contributed by atoms with Crippen LogP contribution in [0, 0.1) is 6.92 Å². The zero-order valence-electron chi connectivity index (χ0n) is 19.4. The number of carbonyl (C=O) groups excluding carboxylic acids is 3. The first-order valence-corrected chi connectivity index (χ1v) is 11.3. The second kappa shape index (κ2) is 8.21. The Morgan fingerprint density at radius 2 is 1.91 bits per heavy atom. The number of nitrogens with one attached hydrogen (secondary N) is 1. The van der Waals surface area contributed by atoms with Gasteiger partial charge in [-0.3, -0.25) is 14.4 Å². The maximum atomic E-state index is 13.7. The number of carbonyl (C=O) groups is 3. The number of phenolic OH excluding ortho intramolecular Hbond substituents is 2. The first kappa shape index (κ1) is 22.8. The largest absolute Gasteiger partial charge is 0.507 e. The molecule has 2 aliphatic carbocycles. The summed E-state index contributed by atoms with van der Waals surface area (Å²) in [5, 5.41) is 24.5. The third-order valence-corrected chi connectivity index (χ3v) is 6.98. The van der Waals surface area contributed by atoms with Crippen LogP contribution in [0.2, 0.25) is 0 Å². The van der Waals surface area contributed by atoms with E-state index in [1.54, 1.807) is 13.8 Å². The van der Waals surface area contributed by atoms with Gasteiger partial charge in [-0.1, -0.05) is 11.6 Å². The Kier molecular flexibility index (Phi) is 5.68. The molecule has 1 unspecified atom stereocenters. The van der Waals surface area contributed by atoms with Crippen molar-refractivity contribution in [3.05, 3.63) is 51.4 Å². The molecule has 0 saturated heterocycles. The zero-order chi connectivity index (χ0) is 24.1. The smallest absolute Gasteiger partial charge is 0.194 e. The second-order valence-corrected chi connectivity index (χ2v) is 9.17. The van der Waals surface area contributed by atoms with Crippen LogP contribution in [0.1, 0.15) is 74.4 Å². The number of fused-ring (bicyclic) bond motifs is 3. The topological polar surface area (TPSA) is 113 Å².